The first-order valence-electron chi connectivity index (χ1n) is 5.27. The van der Waals surface area contributed by atoms with Crippen LogP contribution in [0.25, 0.3) is 0 Å². The quantitative estimate of drug-likeness (QED) is 0.650. The second kappa shape index (κ2) is 5.17. The molecule has 92 valence electrons. The van der Waals surface area contributed by atoms with Gasteiger partial charge in [-0.1, -0.05) is 0 Å². The fourth-order valence-electron chi connectivity index (χ4n) is 1.32. The number of hydrogen-bond donors (Lipinski definition) is 1. The number of nitrogens with one attached hydrogen (secondary N) is 1. The van der Waals surface area contributed by atoms with E-state index < -0.39 is 4.92 Å². The lowest BCUT2D eigenvalue weighted by Crippen LogP contribution is -2.04. The first kappa shape index (κ1) is 11.9. The van der Waals surface area contributed by atoms with E-state index >= 15 is 0 Å². The van der Waals surface area contributed by atoms with Crippen LogP contribution in [0, 0.1) is 17.0 Å². The topological polar surface area (TPSA) is 93.8 Å². The molecule has 0 radical (unpaired) electrons. The lowest BCUT2D eigenvalue weighted by atomic mass is 10.3. The first-order chi connectivity index (χ1) is 8.65. The van der Waals surface area contributed by atoms with Gasteiger partial charge in [0.15, 0.2) is 0 Å². The van der Waals surface area contributed by atoms with Gasteiger partial charge in [-0.25, -0.2) is 4.98 Å². The SMILES string of the molecule is Cc1cnc(CNc2cc([N+](=O)[O-])ccn2)cn1. The van der Waals surface area contributed by atoms with Crippen LogP contribution < -0.4 is 5.32 Å². The summed E-state index contributed by atoms with van der Waals surface area (Å²) in [6, 6.07) is 2.72. The number of aryl methyl sites for hydroxylation is 1. The fourth-order valence-corrected chi connectivity index (χ4v) is 1.32. The molecular formula is C11H11N5O2. The molecule has 0 unspecified atom stereocenters. The number of aromatic nitrogens is 3. The summed E-state index contributed by atoms with van der Waals surface area (Å²) in [7, 11) is 0. The molecule has 0 atom stereocenters. The molecule has 0 amide bonds. The molecular weight excluding hydrogens is 234 g/mol. The van der Waals surface area contributed by atoms with Crippen molar-refractivity contribution in [2.45, 2.75) is 13.5 Å². The summed E-state index contributed by atoms with van der Waals surface area (Å²) in [6.07, 6.45) is 4.71. The molecule has 0 aliphatic rings. The number of rotatable bonds is 4. The predicted molar refractivity (Wildman–Crippen MR) is 65.0 cm³/mol. The summed E-state index contributed by atoms with van der Waals surface area (Å²) in [5.74, 6) is 0.437. The van der Waals surface area contributed by atoms with Crippen LogP contribution in [0.3, 0.4) is 0 Å². The zero-order valence-corrected chi connectivity index (χ0v) is 9.70. The second-order valence-electron chi connectivity index (χ2n) is 3.66. The highest BCUT2D eigenvalue weighted by atomic mass is 16.6. The van der Waals surface area contributed by atoms with Gasteiger partial charge in [0.05, 0.1) is 35.1 Å². The van der Waals surface area contributed by atoms with Crippen LogP contribution in [0.5, 0.6) is 0 Å². The van der Waals surface area contributed by atoms with Crippen molar-refractivity contribution in [3.63, 3.8) is 0 Å². The Balaban J connectivity index is 2.04. The summed E-state index contributed by atoms with van der Waals surface area (Å²) in [6.45, 7) is 2.27. The molecule has 7 nitrogen and oxygen atoms in total. The Morgan fingerprint density at radius 2 is 2.17 bits per heavy atom. The van der Waals surface area contributed by atoms with E-state index in [0.717, 1.165) is 11.4 Å². The van der Waals surface area contributed by atoms with Crippen LogP contribution in [0.1, 0.15) is 11.4 Å². The van der Waals surface area contributed by atoms with E-state index in [1.54, 1.807) is 12.4 Å². The van der Waals surface area contributed by atoms with Crippen molar-refractivity contribution < 1.29 is 4.92 Å². The second-order valence-corrected chi connectivity index (χ2v) is 3.66. The molecule has 0 aliphatic carbocycles. The predicted octanol–water partition coefficient (Wildman–Crippen LogP) is 1.70. The van der Waals surface area contributed by atoms with Crippen molar-refractivity contribution in [3.8, 4) is 0 Å². The van der Waals surface area contributed by atoms with Gasteiger partial charge in [-0.15, -0.1) is 0 Å². The number of anilines is 1. The van der Waals surface area contributed by atoms with Gasteiger partial charge in [-0.05, 0) is 6.92 Å². The zero-order chi connectivity index (χ0) is 13.0. The molecule has 7 heteroatoms. The molecule has 0 fully saturated rings. The molecule has 2 aromatic heterocycles. The van der Waals surface area contributed by atoms with Gasteiger partial charge >= 0.3 is 0 Å². The summed E-state index contributed by atoms with van der Waals surface area (Å²) < 4.78 is 0. The highest BCUT2D eigenvalue weighted by molar-refractivity contribution is 5.44. The van der Waals surface area contributed by atoms with Crippen molar-refractivity contribution >= 4 is 11.5 Å². The smallest absolute Gasteiger partial charge is 0.274 e. The minimum Gasteiger partial charge on any atom is -0.364 e. The number of hydrogen-bond acceptors (Lipinski definition) is 6. The highest BCUT2D eigenvalue weighted by Crippen LogP contribution is 2.14. The lowest BCUT2D eigenvalue weighted by molar-refractivity contribution is -0.384. The molecule has 0 saturated carbocycles. The Morgan fingerprint density at radius 3 is 2.83 bits per heavy atom. The minimum atomic E-state index is -0.460. The molecule has 2 aromatic rings. The van der Waals surface area contributed by atoms with Crippen LogP contribution >= 0.6 is 0 Å². The molecule has 0 saturated heterocycles. The maximum atomic E-state index is 10.6. The van der Waals surface area contributed by atoms with E-state index in [1.807, 2.05) is 6.92 Å². The maximum absolute atomic E-state index is 10.6. The van der Waals surface area contributed by atoms with Gasteiger partial charge in [-0.2, -0.15) is 0 Å². The normalized spacial score (nSPS) is 10.1. The van der Waals surface area contributed by atoms with Crippen molar-refractivity contribution in [1.29, 1.82) is 0 Å². The Bertz CT molecular complexity index is 556. The summed E-state index contributed by atoms with van der Waals surface area (Å²) in [4.78, 5) is 22.4. The van der Waals surface area contributed by atoms with Gasteiger partial charge in [0.25, 0.3) is 5.69 Å². The summed E-state index contributed by atoms with van der Waals surface area (Å²) in [5, 5.41) is 13.6. The van der Waals surface area contributed by atoms with Gasteiger partial charge in [0.2, 0.25) is 0 Å². The van der Waals surface area contributed by atoms with E-state index in [9.17, 15) is 10.1 Å². The van der Waals surface area contributed by atoms with Gasteiger partial charge in [0.1, 0.15) is 5.82 Å². The van der Waals surface area contributed by atoms with E-state index in [4.69, 9.17) is 0 Å². The van der Waals surface area contributed by atoms with Crippen molar-refractivity contribution in [2.75, 3.05) is 5.32 Å². The van der Waals surface area contributed by atoms with Crippen molar-refractivity contribution in [1.82, 2.24) is 15.0 Å². The fraction of sp³-hybridized carbons (Fsp3) is 0.182. The minimum absolute atomic E-state index is 0.00231. The molecule has 0 aromatic carbocycles. The Hall–Kier alpha value is -2.57. The third kappa shape index (κ3) is 2.97. The van der Waals surface area contributed by atoms with Crippen LogP contribution in [-0.4, -0.2) is 19.9 Å². The van der Waals surface area contributed by atoms with E-state index in [2.05, 4.69) is 20.3 Å². The van der Waals surface area contributed by atoms with Crippen molar-refractivity contribution in [3.05, 3.63) is 52.2 Å². The molecule has 1 N–H and O–H groups in total. The average molecular weight is 245 g/mol. The third-order valence-corrected chi connectivity index (χ3v) is 2.24. The van der Waals surface area contributed by atoms with Crippen LogP contribution in [0.4, 0.5) is 11.5 Å². The Morgan fingerprint density at radius 1 is 1.33 bits per heavy atom. The van der Waals surface area contributed by atoms with Crippen LogP contribution in [0.15, 0.2) is 30.7 Å². The zero-order valence-electron chi connectivity index (χ0n) is 9.70. The molecule has 2 heterocycles. The lowest BCUT2D eigenvalue weighted by Gasteiger charge is -2.04. The molecule has 2 rings (SSSR count). The van der Waals surface area contributed by atoms with Crippen LogP contribution in [0.2, 0.25) is 0 Å². The maximum Gasteiger partial charge on any atom is 0.274 e. The average Bonchev–Trinajstić information content (AvgIpc) is 2.38. The largest absolute Gasteiger partial charge is 0.364 e. The molecule has 0 bridgehead atoms. The summed E-state index contributed by atoms with van der Waals surface area (Å²) in [5.41, 5.74) is 1.59. The van der Waals surface area contributed by atoms with Gasteiger partial charge in [0, 0.05) is 18.5 Å². The molecule has 0 aliphatic heterocycles. The van der Waals surface area contributed by atoms with Crippen LogP contribution in [-0.2, 0) is 6.54 Å². The number of pyridine rings is 1. The van der Waals surface area contributed by atoms with E-state index in [0.29, 0.717) is 12.4 Å². The van der Waals surface area contributed by atoms with Crippen molar-refractivity contribution in [2.24, 2.45) is 0 Å². The highest BCUT2D eigenvalue weighted by Gasteiger charge is 2.06. The molecule has 0 spiro atoms. The van der Waals surface area contributed by atoms with Gasteiger partial charge in [-0.3, -0.25) is 20.1 Å². The monoisotopic (exact) mass is 245 g/mol. The first-order valence-corrected chi connectivity index (χ1v) is 5.27. The Kier molecular flexibility index (Phi) is 3.42. The Labute approximate surface area is 103 Å². The molecule has 18 heavy (non-hydrogen) atoms. The number of nitrogens with zero attached hydrogens (tertiary/aromatic N) is 4. The summed E-state index contributed by atoms with van der Waals surface area (Å²) >= 11 is 0. The van der Waals surface area contributed by atoms with E-state index in [1.165, 1.54) is 18.3 Å². The third-order valence-electron chi connectivity index (χ3n) is 2.24. The van der Waals surface area contributed by atoms with E-state index in [-0.39, 0.29) is 5.69 Å². The number of nitro groups is 1. The standard InChI is InChI=1S/C11H11N5O2/c1-8-5-14-9(6-13-8)7-15-11-4-10(16(17)18)2-3-12-11/h2-6H,7H2,1H3,(H,12,15). The van der Waals surface area contributed by atoms with Gasteiger partial charge < -0.3 is 5.32 Å².